The lowest BCUT2D eigenvalue weighted by Gasteiger charge is -2.09. The van der Waals surface area contributed by atoms with E-state index in [1.807, 2.05) is 12.5 Å². The van der Waals surface area contributed by atoms with Crippen molar-refractivity contribution in [3.8, 4) is 0 Å². The average Bonchev–Trinajstić information content (AvgIpc) is 2.44. The van der Waals surface area contributed by atoms with E-state index in [-0.39, 0.29) is 11.4 Å². The molecule has 1 aromatic heterocycles. The molecule has 0 aliphatic carbocycles. The molecule has 0 aliphatic rings. The summed E-state index contributed by atoms with van der Waals surface area (Å²) in [7, 11) is 1.26. The Hall–Kier alpha value is -1.27. The van der Waals surface area contributed by atoms with E-state index in [0.29, 0.717) is 9.80 Å². The fourth-order valence-electron chi connectivity index (χ4n) is 1.30. The largest absolute Gasteiger partial charge is 0.465 e. The third-order valence-electron chi connectivity index (χ3n) is 2.12. The minimum Gasteiger partial charge on any atom is -0.465 e. The normalized spacial score (nSPS) is 9.72. The molecule has 0 aromatic carbocycles. The number of aromatic nitrogens is 1. The molecule has 0 unspecified atom stereocenters. The van der Waals surface area contributed by atoms with Crippen molar-refractivity contribution in [1.82, 2.24) is 4.98 Å². The Kier molecular flexibility index (Phi) is 5.94. The summed E-state index contributed by atoms with van der Waals surface area (Å²) < 4.78 is 5.31. The van der Waals surface area contributed by atoms with E-state index in [4.69, 9.17) is 0 Å². The smallest absolute Gasteiger partial charge is 0.343 e. The summed E-state index contributed by atoms with van der Waals surface area (Å²) in [4.78, 5) is 27.9. The van der Waals surface area contributed by atoms with E-state index < -0.39 is 5.97 Å². The maximum atomic E-state index is 12.3. The Balaban J connectivity index is 3.25. The van der Waals surface area contributed by atoms with Crippen LogP contribution in [0, 0.1) is 0 Å². The van der Waals surface area contributed by atoms with Gasteiger partial charge in [0.25, 0.3) is 0 Å². The maximum absolute atomic E-state index is 12.3. The number of ketones is 1. The lowest BCUT2D eigenvalue weighted by molar-refractivity contribution is -0.135. The number of carbonyl (C=O) groups excluding carboxylic acids is 2. The van der Waals surface area contributed by atoms with Gasteiger partial charge in [-0.05, 0) is 24.6 Å². The van der Waals surface area contributed by atoms with E-state index in [0.717, 1.165) is 0 Å². The predicted molar refractivity (Wildman–Crippen MR) is 74.6 cm³/mol. The molecule has 4 nitrogen and oxygen atoms in total. The van der Waals surface area contributed by atoms with Crippen LogP contribution in [0.25, 0.3) is 0 Å². The van der Waals surface area contributed by atoms with E-state index in [2.05, 4.69) is 9.72 Å². The zero-order chi connectivity index (χ0) is 13.5. The standard InChI is InChI=1S/C12H13NO3S2/c1-16-11(15)9(12(17-2)18-3)10(14)8-5-4-6-13-7-8/h4-7H,1-3H3. The molecular weight excluding hydrogens is 270 g/mol. The third kappa shape index (κ3) is 3.36. The Morgan fingerprint density at radius 3 is 2.39 bits per heavy atom. The van der Waals surface area contributed by atoms with Crippen molar-refractivity contribution in [2.75, 3.05) is 19.6 Å². The topological polar surface area (TPSA) is 56.3 Å². The molecule has 1 rings (SSSR count). The zero-order valence-electron chi connectivity index (χ0n) is 10.3. The maximum Gasteiger partial charge on any atom is 0.343 e. The van der Waals surface area contributed by atoms with E-state index in [1.165, 1.54) is 36.8 Å². The number of methoxy groups -OCH3 is 1. The second kappa shape index (κ2) is 7.23. The number of rotatable bonds is 5. The molecular formula is C12H13NO3S2. The van der Waals surface area contributed by atoms with E-state index in [9.17, 15) is 9.59 Å². The molecule has 0 saturated carbocycles. The van der Waals surface area contributed by atoms with Crippen molar-refractivity contribution < 1.29 is 14.3 Å². The number of pyridine rings is 1. The van der Waals surface area contributed by atoms with Crippen LogP contribution in [-0.2, 0) is 9.53 Å². The van der Waals surface area contributed by atoms with Gasteiger partial charge >= 0.3 is 5.97 Å². The van der Waals surface area contributed by atoms with Gasteiger partial charge in [0, 0.05) is 18.0 Å². The Morgan fingerprint density at radius 2 is 1.94 bits per heavy atom. The molecule has 0 N–H and O–H groups in total. The van der Waals surface area contributed by atoms with E-state index >= 15 is 0 Å². The van der Waals surface area contributed by atoms with Crippen LogP contribution in [0.1, 0.15) is 10.4 Å². The van der Waals surface area contributed by atoms with Gasteiger partial charge in [-0.2, -0.15) is 0 Å². The lowest BCUT2D eigenvalue weighted by atomic mass is 10.1. The molecule has 0 aliphatic heterocycles. The first-order valence-corrected chi connectivity index (χ1v) is 7.46. The number of carbonyl (C=O) groups is 2. The van der Waals surface area contributed by atoms with Crippen molar-refractivity contribution in [3.63, 3.8) is 0 Å². The van der Waals surface area contributed by atoms with Crippen LogP contribution in [0.2, 0.25) is 0 Å². The van der Waals surface area contributed by atoms with Gasteiger partial charge in [-0.15, -0.1) is 23.5 Å². The highest BCUT2D eigenvalue weighted by Gasteiger charge is 2.24. The summed E-state index contributed by atoms with van der Waals surface area (Å²) in [5, 5.41) is 0. The van der Waals surface area contributed by atoms with Crippen LogP contribution in [0.5, 0.6) is 0 Å². The third-order valence-corrected chi connectivity index (χ3v) is 4.27. The van der Waals surface area contributed by atoms with E-state index in [1.54, 1.807) is 18.3 Å². The predicted octanol–water partition coefficient (Wildman–Crippen LogP) is 2.37. The molecule has 0 bridgehead atoms. The minimum atomic E-state index is -0.623. The van der Waals surface area contributed by atoms with Crippen LogP contribution < -0.4 is 0 Å². The quantitative estimate of drug-likeness (QED) is 0.272. The summed E-state index contributed by atoms with van der Waals surface area (Å²) in [6, 6.07) is 3.27. The molecule has 1 aromatic rings. The van der Waals surface area contributed by atoms with Crippen LogP contribution in [0.3, 0.4) is 0 Å². The van der Waals surface area contributed by atoms with Crippen molar-refractivity contribution in [2.45, 2.75) is 0 Å². The van der Waals surface area contributed by atoms with Crippen molar-refractivity contribution >= 4 is 35.3 Å². The Bertz CT molecular complexity index is 465. The summed E-state index contributed by atoms with van der Waals surface area (Å²) in [6.45, 7) is 0. The molecule has 0 atom stereocenters. The zero-order valence-corrected chi connectivity index (χ0v) is 11.9. The first-order chi connectivity index (χ1) is 8.65. The molecule has 0 spiro atoms. The fourth-order valence-corrected chi connectivity index (χ4v) is 2.73. The second-order valence-electron chi connectivity index (χ2n) is 3.13. The highest BCUT2D eigenvalue weighted by Crippen LogP contribution is 2.29. The minimum absolute atomic E-state index is 0.0606. The van der Waals surface area contributed by atoms with Gasteiger partial charge in [0.05, 0.1) is 11.3 Å². The first-order valence-electron chi connectivity index (χ1n) is 5.01. The van der Waals surface area contributed by atoms with Crippen molar-refractivity contribution in [2.24, 2.45) is 0 Å². The summed E-state index contributed by atoms with van der Waals surface area (Å²) >= 11 is 2.69. The highest BCUT2D eigenvalue weighted by atomic mass is 32.2. The van der Waals surface area contributed by atoms with Gasteiger partial charge in [0.1, 0.15) is 5.57 Å². The molecule has 0 radical (unpaired) electrons. The van der Waals surface area contributed by atoms with Crippen molar-refractivity contribution in [1.29, 1.82) is 0 Å². The number of thioether (sulfide) groups is 2. The van der Waals surface area contributed by atoms with Crippen LogP contribution in [0.4, 0.5) is 0 Å². The molecule has 0 fully saturated rings. The molecule has 6 heteroatoms. The molecule has 18 heavy (non-hydrogen) atoms. The summed E-state index contributed by atoms with van der Waals surface area (Å²) in [5.41, 5.74) is 0.434. The number of esters is 1. The van der Waals surface area contributed by atoms with Gasteiger partial charge in [-0.1, -0.05) is 0 Å². The number of ether oxygens (including phenoxy) is 1. The number of hydrogen-bond donors (Lipinski definition) is 0. The number of Topliss-reactive ketones (excluding diaryl/α,β-unsaturated/α-hetero) is 1. The van der Waals surface area contributed by atoms with Gasteiger partial charge in [-0.3, -0.25) is 9.78 Å². The van der Waals surface area contributed by atoms with Crippen LogP contribution in [-0.4, -0.2) is 36.4 Å². The van der Waals surface area contributed by atoms with Crippen molar-refractivity contribution in [3.05, 3.63) is 39.9 Å². The fraction of sp³-hybridized carbons (Fsp3) is 0.250. The van der Waals surface area contributed by atoms with Crippen LogP contribution in [0.15, 0.2) is 34.3 Å². The molecule has 0 amide bonds. The highest BCUT2D eigenvalue weighted by molar-refractivity contribution is 8.21. The first kappa shape index (κ1) is 14.8. The Labute approximate surface area is 114 Å². The lowest BCUT2D eigenvalue weighted by Crippen LogP contribution is -2.16. The Morgan fingerprint density at radius 1 is 1.28 bits per heavy atom. The SMILES string of the molecule is COC(=O)C(C(=O)c1cccnc1)=C(SC)SC. The summed E-state index contributed by atoms with van der Waals surface area (Å²) in [6.07, 6.45) is 6.63. The average molecular weight is 283 g/mol. The second-order valence-corrected chi connectivity index (χ2v) is 5.02. The van der Waals surface area contributed by atoms with Gasteiger partial charge < -0.3 is 4.74 Å². The monoisotopic (exact) mass is 283 g/mol. The molecule has 1 heterocycles. The molecule has 0 saturated heterocycles. The van der Waals surface area contributed by atoms with Crippen LogP contribution >= 0.6 is 23.5 Å². The van der Waals surface area contributed by atoms with Gasteiger partial charge in [0.15, 0.2) is 0 Å². The van der Waals surface area contributed by atoms with Gasteiger partial charge in [-0.25, -0.2) is 4.79 Å². The number of hydrogen-bond acceptors (Lipinski definition) is 6. The molecule has 96 valence electrons. The van der Waals surface area contributed by atoms with Gasteiger partial charge in [0.2, 0.25) is 5.78 Å². The number of nitrogens with zero attached hydrogens (tertiary/aromatic N) is 1. The summed E-state index contributed by atoms with van der Waals surface area (Å²) in [5.74, 6) is -0.990.